The summed E-state index contributed by atoms with van der Waals surface area (Å²) in [7, 11) is 1.31. The Morgan fingerprint density at radius 1 is 1.14 bits per heavy atom. The van der Waals surface area contributed by atoms with E-state index in [2.05, 4.69) is 21.6 Å². The van der Waals surface area contributed by atoms with E-state index in [1.165, 1.54) is 7.11 Å². The highest BCUT2D eigenvalue weighted by Gasteiger charge is 2.44. The summed E-state index contributed by atoms with van der Waals surface area (Å²) in [4.78, 5) is 42.2. The van der Waals surface area contributed by atoms with Gasteiger partial charge in [0.25, 0.3) is 0 Å². The van der Waals surface area contributed by atoms with E-state index in [4.69, 9.17) is 4.74 Å². The smallest absolute Gasteiger partial charge is 0.335 e. The van der Waals surface area contributed by atoms with Crippen molar-refractivity contribution >= 4 is 18.0 Å². The van der Waals surface area contributed by atoms with Gasteiger partial charge in [-0.3, -0.25) is 0 Å². The molecule has 2 aromatic rings. The number of amides is 4. The van der Waals surface area contributed by atoms with Gasteiger partial charge >= 0.3 is 18.0 Å². The summed E-state index contributed by atoms with van der Waals surface area (Å²) in [6, 6.07) is 11.7. The van der Waals surface area contributed by atoms with Crippen molar-refractivity contribution in [3.63, 3.8) is 0 Å². The van der Waals surface area contributed by atoms with Gasteiger partial charge in [-0.2, -0.15) is 5.26 Å². The SMILES string of the molecule is COCC1=C(C(=O)O)[C@H](c2ccc(F)c(F)c2)N(C(=O)N[C@H]2CC[C@H](N3CCC(C#N)(c4ccccc4)CC3)C2)C(=O)N1. The lowest BCUT2D eigenvalue weighted by Crippen LogP contribution is -2.56. The zero-order valence-electron chi connectivity index (χ0n) is 23.7. The highest BCUT2D eigenvalue weighted by Crippen LogP contribution is 2.38. The van der Waals surface area contributed by atoms with Crippen LogP contribution in [0.2, 0.25) is 0 Å². The van der Waals surface area contributed by atoms with Crippen molar-refractivity contribution < 1.29 is 33.0 Å². The molecule has 10 nitrogen and oxygen atoms in total. The van der Waals surface area contributed by atoms with Crippen LogP contribution in [0.15, 0.2) is 59.8 Å². The molecule has 43 heavy (non-hydrogen) atoms. The lowest BCUT2D eigenvalue weighted by atomic mass is 9.74. The van der Waals surface area contributed by atoms with E-state index in [1.807, 2.05) is 30.3 Å². The highest BCUT2D eigenvalue weighted by molar-refractivity contribution is 6.01. The number of likely N-dealkylation sites (tertiary alicyclic amines) is 1. The molecule has 1 aliphatic carbocycles. The Kier molecular flexibility index (Phi) is 8.75. The maximum absolute atomic E-state index is 14.2. The molecule has 0 radical (unpaired) electrons. The summed E-state index contributed by atoms with van der Waals surface area (Å²) in [6.07, 6.45) is 3.43. The van der Waals surface area contributed by atoms with Crippen molar-refractivity contribution in [2.75, 3.05) is 26.8 Å². The van der Waals surface area contributed by atoms with Gasteiger partial charge in [-0.25, -0.2) is 28.1 Å². The third kappa shape index (κ3) is 5.96. The van der Waals surface area contributed by atoms with Crippen LogP contribution >= 0.6 is 0 Å². The molecule has 0 aromatic heterocycles. The van der Waals surface area contributed by atoms with E-state index in [0.717, 1.165) is 43.3 Å². The van der Waals surface area contributed by atoms with Crippen LogP contribution in [0.5, 0.6) is 0 Å². The second-order valence-electron chi connectivity index (χ2n) is 11.2. The average molecular weight is 594 g/mol. The van der Waals surface area contributed by atoms with Crippen LogP contribution in [0.25, 0.3) is 0 Å². The second kappa shape index (κ2) is 12.5. The molecule has 1 saturated heterocycles. The van der Waals surface area contributed by atoms with Crippen molar-refractivity contribution in [3.8, 4) is 6.07 Å². The highest BCUT2D eigenvalue weighted by atomic mass is 19.2. The number of nitrogens with one attached hydrogen (secondary N) is 2. The second-order valence-corrected chi connectivity index (χ2v) is 11.2. The van der Waals surface area contributed by atoms with Gasteiger partial charge in [-0.05, 0) is 55.4 Å². The Hall–Kier alpha value is -4.34. The molecule has 226 valence electrons. The minimum atomic E-state index is -1.53. The first-order chi connectivity index (χ1) is 20.7. The van der Waals surface area contributed by atoms with Gasteiger partial charge in [0.2, 0.25) is 0 Å². The number of carbonyl (C=O) groups excluding carboxylic acids is 2. The first kappa shape index (κ1) is 30.1. The van der Waals surface area contributed by atoms with Crippen LogP contribution in [0.3, 0.4) is 0 Å². The Balaban J connectivity index is 1.31. The Labute approximate surface area is 247 Å². The standard InChI is InChI=1S/C31H33F2N5O5/c1-43-17-25-26(28(39)40)27(19-7-10-23(32)24(33)15-19)38(30(42)36-25)29(41)35-21-8-9-22(16-21)37-13-11-31(18-34,12-14-37)20-5-3-2-4-6-20/h2-7,10,15,21-22,27H,8-9,11-14,16-17H2,1H3,(H,35,41)(H,36,42)(H,39,40)/t21-,22-,27-/m0/s1. The van der Waals surface area contributed by atoms with E-state index in [1.54, 1.807) is 0 Å². The van der Waals surface area contributed by atoms with Gasteiger partial charge in [0, 0.05) is 32.3 Å². The number of aliphatic carboxylic acids is 1. The maximum Gasteiger partial charge on any atom is 0.335 e. The summed E-state index contributed by atoms with van der Waals surface area (Å²) in [5.74, 6) is -3.84. The molecule has 3 aliphatic rings. The quantitative estimate of drug-likeness (QED) is 0.438. The van der Waals surface area contributed by atoms with E-state index < -0.39 is 41.1 Å². The normalized spacial score (nSPS) is 23.9. The minimum Gasteiger partial charge on any atom is -0.478 e. The lowest BCUT2D eigenvalue weighted by Gasteiger charge is -2.40. The average Bonchev–Trinajstić information content (AvgIpc) is 3.47. The van der Waals surface area contributed by atoms with Gasteiger partial charge in [0.05, 0.1) is 29.4 Å². The maximum atomic E-state index is 14.2. The van der Waals surface area contributed by atoms with Gasteiger partial charge in [0.1, 0.15) is 6.04 Å². The number of imide groups is 1. The summed E-state index contributed by atoms with van der Waals surface area (Å²) in [6.45, 7) is 1.19. The largest absolute Gasteiger partial charge is 0.478 e. The molecule has 0 bridgehead atoms. The van der Waals surface area contributed by atoms with E-state index in [0.29, 0.717) is 30.6 Å². The number of urea groups is 2. The first-order valence-electron chi connectivity index (χ1n) is 14.2. The van der Waals surface area contributed by atoms with Crippen molar-refractivity contribution in [3.05, 3.63) is 82.6 Å². The van der Waals surface area contributed by atoms with Gasteiger partial charge in [-0.15, -0.1) is 0 Å². The Morgan fingerprint density at radius 2 is 1.86 bits per heavy atom. The number of piperidine rings is 1. The van der Waals surface area contributed by atoms with Crippen LogP contribution in [0, 0.1) is 23.0 Å². The fourth-order valence-electron chi connectivity index (χ4n) is 6.54. The molecule has 4 amide bonds. The molecule has 12 heteroatoms. The molecule has 2 aliphatic heterocycles. The molecule has 2 aromatic carbocycles. The Morgan fingerprint density at radius 3 is 2.49 bits per heavy atom. The van der Waals surface area contributed by atoms with Gasteiger partial charge in [0.15, 0.2) is 11.6 Å². The number of nitrogens with zero attached hydrogens (tertiary/aromatic N) is 3. The van der Waals surface area contributed by atoms with E-state index in [9.17, 15) is 33.5 Å². The van der Waals surface area contributed by atoms with Crippen LogP contribution in [0.1, 0.15) is 49.3 Å². The van der Waals surface area contributed by atoms with Crippen molar-refractivity contribution in [2.24, 2.45) is 0 Å². The van der Waals surface area contributed by atoms with Crippen molar-refractivity contribution in [1.82, 2.24) is 20.4 Å². The van der Waals surface area contributed by atoms with Crippen LogP contribution in [0.4, 0.5) is 18.4 Å². The minimum absolute atomic E-state index is 0.0769. The fraction of sp³-hybridized carbons (Fsp3) is 0.419. The zero-order valence-corrected chi connectivity index (χ0v) is 23.7. The monoisotopic (exact) mass is 593 g/mol. The fourth-order valence-corrected chi connectivity index (χ4v) is 6.54. The number of methoxy groups -OCH3 is 1. The predicted molar refractivity (Wildman–Crippen MR) is 151 cm³/mol. The van der Waals surface area contributed by atoms with Crippen molar-refractivity contribution in [1.29, 1.82) is 5.26 Å². The number of halogens is 2. The van der Waals surface area contributed by atoms with Gasteiger partial charge < -0.3 is 25.4 Å². The molecule has 5 rings (SSSR count). The summed E-state index contributed by atoms with van der Waals surface area (Å²) < 4.78 is 33.0. The number of carboxylic acid groups (broad SMARTS) is 1. The number of carboxylic acids is 1. The summed E-state index contributed by atoms with van der Waals surface area (Å²) >= 11 is 0. The van der Waals surface area contributed by atoms with E-state index in [-0.39, 0.29) is 35.5 Å². The molecule has 0 unspecified atom stereocenters. The molecule has 2 fully saturated rings. The number of ether oxygens (including phenoxy) is 1. The topological polar surface area (TPSA) is 135 Å². The number of nitriles is 1. The lowest BCUT2D eigenvalue weighted by molar-refractivity contribution is -0.133. The number of carbonyl (C=O) groups is 3. The molecule has 3 atom stereocenters. The summed E-state index contributed by atoms with van der Waals surface area (Å²) in [5, 5.41) is 25.4. The number of benzene rings is 2. The third-order valence-corrected chi connectivity index (χ3v) is 8.77. The number of rotatable bonds is 7. The molecule has 3 N–H and O–H groups in total. The third-order valence-electron chi connectivity index (χ3n) is 8.77. The van der Waals surface area contributed by atoms with Crippen LogP contribution in [-0.4, -0.2) is 71.8 Å². The number of hydrogen-bond acceptors (Lipinski definition) is 6. The molecule has 2 heterocycles. The molecule has 0 spiro atoms. The Bertz CT molecular complexity index is 1470. The van der Waals surface area contributed by atoms with E-state index >= 15 is 0 Å². The zero-order chi connectivity index (χ0) is 30.7. The summed E-state index contributed by atoms with van der Waals surface area (Å²) in [5.41, 5.74) is -0.0647. The number of hydrogen-bond donors (Lipinski definition) is 3. The van der Waals surface area contributed by atoms with Crippen LogP contribution < -0.4 is 10.6 Å². The molecular formula is C31H33F2N5O5. The molecule has 1 saturated carbocycles. The van der Waals surface area contributed by atoms with Gasteiger partial charge in [-0.1, -0.05) is 36.4 Å². The predicted octanol–water partition coefficient (Wildman–Crippen LogP) is 4.20. The molecular weight excluding hydrogens is 560 g/mol. The van der Waals surface area contributed by atoms with Crippen molar-refractivity contribution in [2.45, 2.75) is 55.6 Å². The first-order valence-corrected chi connectivity index (χ1v) is 14.2. The van der Waals surface area contributed by atoms with Crippen LogP contribution in [-0.2, 0) is 14.9 Å².